The fourth-order valence-corrected chi connectivity index (χ4v) is 4.65. The van der Waals surface area contributed by atoms with Gasteiger partial charge in [0, 0.05) is 32.2 Å². The minimum absolute atomic E-state index is 0.0724. The fraction of sp³-hybridized carbons (Fsp3) is 0.720. The Kier molecular flexibility index (Phi) is 9.94. The number of unbranched alkanes of at least 4 members (excludes halogenated alkanes) is 4. The first kappa shape index (κ1) is 23.9. The summed E-state index contributed by atoms with van der Waals surface area (Å²) < 4.78 is 16.8. The van der Waals surface area contributed by atoms with Gasteiger partial charge in [0.1, 0.15) is 13.2 Å². The van der Waals surface area contributed by atoms with Gasteiger partial charge in [0.15, 0.2) is 11.5 Å². The number of carbonyl (C=O) groups is 1. The smallest absolute Gasteiger partial charge is 0.220 e. The van der Waals surface area contributed by atoms with Crippen molar-refractivity contribution in [2.75, 3.05) is 40.0 Å². The van der Waals surface area contributed by atoms with Crippen molar-refractivity contribution in [1.82, 2.24) is 10.2 Å². The van der Waals surface area contributed by atoms with Gasteiger partial charge in [-0.05, 0) is 49.9 Å². The Balaban J connectivity index is 1.60. The van der Waals surface area contributed by atoms with E-state index in [2.05, 4.69) is 29.3 Å². The van der Waals surface area contributed by atoms with E-state index in [9.17, 15) is 4.79 Å². The minimum atomic E-state index is 0.0724. The summed E-state index contributed by atoms with van der Waals surface area (Å²) in [5.74, 6) is 1.78. The van der Waals surface area contributed by atoms with E-state index >= 15 is 0 Å². The van der Waals surface area contributed by atoms with Crippen molar-refractivity contribution < 1.29 is 19.0 Å². The molecule has 2 atom stereocenters. The first-order valence-corrected chi connectivity index (χ1v) is 12.1. The molecule has 1 aromatic rings. The zero-order chi connectivity index (χ0) is 21.9. The molecule has 2 aliphatic rings. The van der Waals surface area contributed by atoms with E-state index in [0.717, 1.165) is 56.9 Å². The number of nitrogens with one attached hydrogen (secondary N) is 1. The van der Waals surface area contributed by atoms with Crippen LogP contribution in [0.5, 0.6) is 11.5 Å². The van der Waals surface area contributed by atoms with Crippen molar-refractivity contribution in [3.8, 4) is 11.5 Å². The van der Waals surface area contributed by atoms with Gasteiger partial charge in [0.05, 0.1) is 6.61 Å². The monoisotopic (exact) mass is 432 g/mol. The number of nitrogens with zero attached hydrogens (tertiary/aromatic N) is 1. The van der Waals surface area contributed by atoms with Gasteiger partial charge < -0.3 is 19.5 Å². The van der Waals surface area contributed by atoms with Gasteiger partial charge in [-0.3, -0.25) is 9.69 Å². The Bertz CT molecular complexity index is 681. The van der Waals surface area contributed by atoms with Crippen LogP contribution in [0.3, 0.4) is 0 Å². The molecule has 0 spiro atoms. The summed E-state index contributed by atoms with van der Waals surface area (Å²) >= 11 is 0. The third-order valence-corrected chi connectivity index (χ3v) is 6.27. The van der Waals surface area contributed by atoms with Crippen LogP contribution in [0.25, 0.3) is 0 Å². The van der Waals surface area contributed by atoms with Crippen LogP contribution >= 0.6 is 0 Å². The Morgan fingerprint density at radius 1 is 1.19 bits per heavy atom. The van der Waals surface area contributed by atoms with Crippen LogP contribution in [0.2, 0.25) is 0 Å². The third-order valence-electron chi connectivity index (χ3n) is 6.27. The minimum Gasteiger partial charge on any atom is -0.486 e. The molecule has 0 bridgehead atoms. The van der Waals surface area contributed by atoms with Gasteiger partial charge in [-0.25, -0.2) is 0 Å². The van der Waals surface area contributed by atoms with Crippen molar-refractivity contribution in [3.63, 3.8) is 0 Å². The van der Waals surface area contributed by atoms with Crippen molar-refractivity contribution in [2.45, 2.75) is 76.8 Å². The van der Waals surface area contributed by atoms with E-state index in [-0.39, 0.29) is 11.9 Å². The van der Waals surface area contributed by atoms with E-state index in [1.807, 2.05) is 6.07 Å². The van der Waals surface area contributed by atoms with Crippen LogP contribution in [0.4, 0.5) is 0 Å². The second-order valence-electron chi connectivity index (χ2n) is 8.86. The molecule has 1 saturated heterocycles. The summed E-state index contributed by atoms with van der Waals surface area (Å²) in [5, 5.41) is 3.33. The molecule has 2 aliphatic heterocycles. The number of rotatable bonds is 13. The van der Waals surface area contributed by atoms with Crippen LogP contribution in [-0.2, 0) is 16.0 Å². The molecule has 31 heavy (non-hydrogen) atoms. The van der Waals surface area contributed by atoms with Crippen LogP contribution < -0.4 is 14.8 Å². The Morgan fingerprint density at radius 3 is 2.81 bits per heavy atom. The van der Waals surface area contributed by atoms with Crippen LogP contribution in [0, 0.1) is 0 Å². The van der Waals surface area contributed by atoms with Gasteiger partial charge in [-0.1, -0.05) is 38.7 Å². The molecule has 6 heteroatoms. The Labute approximate surface area is 187 Å². The van der Waals surface area contributed by atoms with E-state index in [4.69, 9.17) is 14.2 Å². The standard InChI is InChI=1S/C25H40N2O4/c1-3-4-5-6-7-10-25(28)26-21(18-27-13-8-9-22(27)19-29-2)16-20-11-12-23-24(17-20)31-15-14-30-23/h11-12,17,21-22H,3-10,13-16,18-19H2,1-2H3,(H,26,28). The molecule has 2 heterocycles. The molecule has 0 aliphatic carbocycles. The number of methoxy groups -OCH3 is 1. The van der Waals surface area contributed by atoms with Crippen molar-refractivity contribution in [1.29, 1.82) is 0 Å². The molecule has 3 rings (SSSR count). The summed E-state index contributed by atoms with van der Waals surface area (Å²) in [7, 11) is 1.77. The van der Waals surface area contributed by atoms with Gasteiger partial charge in [-0.2, -0.15) is 0 Å². The average molecular weight is 433 g/mol. The highest BCUT2D eigenvalue weighted by molar-refractivity contribution is 5.76. The van der Waals surface area contributed by atoms with Crippen molar-refractivity contribution in [2.24, 2.45) is 0 Å². The zero-order valence-corrected chi connectivity index (χ0v) is 19.4. The average Bonchev–Trinajstić information content (AvgIpc) is 3.20. The quantitative estimate of drug-likeness (QED) is 0.478. The van der Waals surface area contributed by atoms with Crippen LogP contribution in [0.1, 0.15) is 63.9 Å². The summed E-state index contributed by atoms with van der Waals surface area (Å²) in [5.41, 5.74) is 1.17. The molecule has 6 nitrogen and oxygen atoms in total. The molecule has 174 valence electrons. The molecular formula is C25H40N2O4. The van der Waals surface area contributed by atoms with E-state index in [0.29, 0.717) is 25.7 Å². The SMILES string of the molecule is CCCCCCCC(=O)NC(Cc1ccc2c(c1)OCCO2)CN1CCCC1COC. The zero-order valence-electron chi connectivity index (χ0n) is 19.4. The molecule has 1 amide bonds. The number of hydrogen-bond donors (Lipinski definition) is 1. The molecule has 1 fully saturated rings. The summed E-state index contributed by atoms with van der Waals surface area (Å²) in [6, 6.07) is 6.66. The Morgan fingerprint density at radius 2 is 2.00 bits per heavy atom. The maximum absolute atomic E-state index is 12.7. The molecule has 0 aromatic heterocycles. The fourth-order valence-electron chi connectivity index (χ4n) is 4.65. The van der Waals surface area contributed by atoms with E-state index < -0.39 is 0 Å². The summed E-state index contributed by atoms with van der Waals surface area (Å²) in [4.78, 5) is 15.2. The van der Waals surface area contributed by atoms with Crippen LogP contribution in [-0.4, -0.2) is 62.9 Å². The predicted molar refractivity (Wildman–Crippen MR) is 123 cm³/mol. The molecule has 1 N–H and O–H groups in total. The topological polar surface area (TPSA) is 60.0 Å². The molecule has 0 radical (unpaired) electrons. The lowest BCUT2D eigenvalue weighted by Crippen LogP contribution is -2.47. The third kappa shape index (κ3) is 7.69. The number of carbonyl (C=O) groups excluding carboxylic acids is 1. The Hall–Kier alpha value is -1.79. The highest BCUT2D eigenvalue weighted by atomic mass is 16.6. The highest BCUT2D eigenvalue weighted by Gasteiger charge is 2.27. The van der Waals surface area contributed by atoms with Crippen molar-refractivity contribution in [3.05, 3.63) is 23.8 Å². The molecule has 2 unspecified atom stereocenters. The van der Waals surface area contributed by atoms with Gasteiger partial charge >= 0.3 is 0 Å². The number of amides is 1. The normalized spacial score (nSPS) is 19.4. The lowest BCUT2D eigenvalue weighted by atomic mass is 10.0. The van der Waals surface area contributed by atoms with Gasteiger partial charge in [0.25, 0.3) is 0 Å². The first-order valence-electron chi connectivity index (χ1n) is 12.1. The van der Waals surface area contributed by atoms with Crippen molar-refractivity contribution >= 4 is 5.91 Å². The maximum Gasteiger partial charge on any atom is 0.220 e. The number of hydrogen-bond acceptors (Lipinski definition) is 5. The van der Waals surface area contributed by atoms with E-state index in [1.165, 1.54) is 31.2 Å². The molecular weight excluding hydrogens is 392 g/mol. The van der Waals surface area contributed by atoms with E-state index in [1.54, 1.807) is 7.11 Å². The van der Waals surface area contributed by atoms with Crippen LogP contribution in [0.15, 0.2) is 18.2 Å². The second-order valence-corrected chi connectivity index (χ2v) is 8.86. The maximum atomic E-state index is 12.7. The molecule has 0 saturated carbocycles. The lowest BCUT2D eigenvalue weighted by molar-refractivity contribution is -0.122. The predicted octanol–water partition coefficient (Wildman–Crippen LogP) is 3.96. The second kappa shape index (κ2) is 12.9. The largest absolute Gasteiger partial charge is 0.486 e. The number of ether oxygens (including phenoxy) is 3. The summed E-state index contributed by atoms with van der Waals surface area (Å²) in [6.07, 6.45) is 9.56. The number of fused-ring (bicyclic) bond motifs is 1. The number of likely N-dealkylation sites (tertiary alicyclic amines) is 1. The molecule has 1 aromatic carbocycles. The number of benzene rings is 1. The van der Waals surface area contributed by atoms with Gasteiger partial charge in [-0.15, -0.1) is 0 Å². The summed E-state index contributed by atoms with van der Waals surface area (Å²) in [6.45, 7) is 6.06. The lowest BCUT2D eigenvalue weighted by Gasteiger charge is -2.29. The first-order chi connectivity index (χ1) is 15.2. The van der Waals surface area contributed by atoms with Gasteiger partial charge in [0.2, 0.25) is 5.91 Å². The highest BCUT2D eigenvalue weighted by Crippen LogP contribution is 2.31.